The second-order valence-corrected chi connectivity index (χ2v) is 8.46. The summed E-state index contributed by atoms with van der Waals surface area (Å²) in [6.45, 7) is 4.72. The third-order valence-electron chi connectivity index (χ3n) is 4.82. The van der Waals surface area contributed by atoms with Gasteiger partial charge in [0.1, 0.15) is 10.6 Å². The van der Waals surface area contributed by atoms with Crippen molar-refractivity contribution in [3.05, 3.63) is 23.8 Å². The van der Waals surface area contributed by atoms with E-state index in [-0.39, 0.29) is 10.8 Å². The van der Waals surface area contributed by atoms with Gasteiger partial charge in [-0.2, -0.15) is 4.31 Å². The smallest absolute Gasteiger partial charge is 0.253 e. The number of nitrogens with zero attached hydrogens (tertiary/aromatic N) is 2. The Morgan fingerprint density at radius 3 is 2.32 bits per heavy atom. The number of rotatable bonds is 5. The molecule has 0 unspecified atom stereocenters. The summed E-state index contributed by atoms with van der Waals surface area (Å²) < 4.78 is 33.0. The quantitative estimate of drug-likeness (QED) is 0.803. The lowest BCUT2D eigenvalue weighted by molar-refractivity contribution is 0.0724. The molecule has 1 aromatic rings. The second kappa shape index (κ2) is 7.74. The normalized spacial score (nSPS) is 19.2. The van der Waals surface area contributed by atoms with Gasteiger partial charge in [0, 0.05) is 31.7 Å². The van der Waals surface area contributed by atoms with Gasteiger partial charge in [0.15, 0.2) is 0 Å². The molecule has 0 atom stereocenters. The molecule has 0 spiro atoms. The van der Waals surface area contributed by atoms with Crippen molar-refractivity contribution < 1.29 is 17.9 Å². The van der Waals surface area contributed by atoms with Gasteiger partial charge < -0.3 is 9.64 Å². The molecule has 2 saturated heterocycles. The first kappa shape index (κ1) is 18.2. The highest BCUT2D eigenvalue weighted by Gasteiger charge is 2.31. The van der Waals surface area contributed by atoms with Crippen LogP contribution in [0.25, 0.3) is 0 Å². The van der Waals surface area contributed by atoms with Gasteiger partial charge in [-0.1, -0.05) is 0 Å². The molecule has 1 amide bonds. The van der Waals surface area contributed by atoms with Gasteiger partial charge >= 0.3 is 0 Å². The molecule has 0 bridgehead atoms. The molecule has 0 N–H and O–H groups in total. The highest BCUT2D eigenvalue weighted by molar-refractivity contribution is 7.89. The zero-order valence-electron chi connectivity index (χ0n) is 14.7. The predicted molar refractivity (Wildman–Crippen MR) is 95.4 cm³/mol. The number of carbonyl (C=O) groups is 1. The van der Waals surface area contributed by atoms with Gasteiger partial charge in [0.25, 0.3) is 5.91 Å². The maximum Gasteiger partial charge on any atom is 0.253 e. The molecule has 0 aromatic heterocycles. The summed E-state index contributed by atoms with van der Waals surface area (Å²) in [7, 11) is -3.64. The van der Waals surface area contributed by atoms with Crippen molar-refractivity contribution in [2.45, 2.75) is 43.9 Å². The largest absolute Gasteiger partial charge is 0.492 e. The van der Waals surface area contributed by atoms with Crippen molar-refractivity contribution >= 4 is 15.9 Å². The molecule has 2 fully saturated rings. The SMILES string of the molecule is CCOc1ccc(C(=O)N2CCCCC2)cc1S(=O)(=O)N1CCCC1. The maximum absolute atomic E-state index is 13.0. The van der Waals surface area contributed by atoms with Crippen molar-refractivity contribution in [1.29, 1.82) is 0 Å². The number of piperidine rings is 1. The fraction of sp³-hybridized carbons (Fsp3) is 0.611. The first-order chi connectivity index (χ1) is 12.0. The molecule has 0 radical (unpaired) electrons. The molecule has 0 saturated carbocycles. The van der Waals surface area contributed by atoms with Crippen LogP contribution < -0.4 is 4.74 Å². The van der Waals surface area contributed by atoms with Crippen LogP contribution in [0.4, 0.5) is 0 Å². The van der Waals surface area contributed by atoms with E-state index in [9.17, 15) is 13.2 Å². The Kier molecular flexibility index (Phi) is 5.64. The van der Waals surface area contributed by atoms with E-state index in [1.54, 1.807) is 12.1 Å². The first-order valence-corrected chi connectivity index (χ1v) is 10.5. The summed E-state index contributed by atoms with van der Waals surface area (Å²) >= 11 is 0. The molecule has 138 valence electrons. The van der Waals surface area contributed by atoms with Crippen LogP contribution in [0.5, 0.6) is 5.75 Å². The van der Waals surface area contributed by atoms with E-state index in [2.05, 4.69) is 0 Å². The van der Waals surface area contributed by atoms with Crippen LogP contribution in [0.3, 0.4) is 0 Å². The fourth-order valence-corrected chi connectivity index (χ4v) is 5.14. The number of likely N-dealkylation sites (tertiary alicyclic amines) is 1. The van der Waals surface area contributed by atoms with Crippen molar-refractivity contribution in [3.63, 3.8) is 0 Å². The number of benzene rings is 1. The Morgan fingerprint density at radius 1 is 1.04 bits per heavy atom. The molecule has 0 aliphatic carbocycles. The Morgan fingerprint density at radius 2 is 1.68 bits per heavy atom. The van der Waals surface area contributed by atoms with Gasteiger partial charge in [-0.3, -0.25) is 4.79 Å². The van der Waals surface area contributed by atoms with Gasteiger partial charge in [0.05, 0.1) is 6.61 Å². The lowest BCUT2D eigenvalue weighted by Crippen LogP contribution is -2.35. The van der Waals surface area contributed by atoms with Gasteiger partial charge in [0.2, 0.25) is 10.0 Å². The van der Waals surface area contributed by atoms with E-state index in [1.165, 1.54) is 10.4 Å². The number of hydrogen-bond acceptors (Lipinski definition) is 4. The van der Waals surface area contributed by atoms with E-state index < -0.39 is 10.0 Å². The van der Waals surface area contributed by atoms with Crippen LogP contribution in [0.2, 0.25) is 0 Å². The molecular weight excluding hydrogens is 340 g/mol. The number of ether oxygens (including phenoxy) is 1. The minimum Gasteiger partial charge on any atom is -0.492 e. The molecule has 6 nitrogen and oxygen atoms in total. The van der Waals surface area contributed by atoms with E-state index in [0.717, 1.165) is 45.2 Å². The minimum atomic E-state index is -3.64. The monoisotopic (exact) mass is 366 g/mol. The lowest BCUT2D eigenvalue weighted by Gasteiger charge is -2.27. The third kappa shape index (κ3) is 3.82. The van der Waals surface area contributed by atoms with Crippen molar-refractivity contribution in [3.8, 4) is 5.75 Å². The summed E-state index contributed by atoms with van der Waals surface area (Å²) in [6, 6.07) is 4.78. The van der Waals surface area contributed by atoms with Crippen LogP contribution in [0.15, 0.2) is 23.1 Å². The molecule has 2 aliphatic heterocycles. The van der Waals surface area contributed by atoms with Crippen molar-refractivity contribution in [2.24, 2.45) is 0 Å². The van der Waals surface area contributed by atoms with Crippen LogP contribution in [0.1, 0.15) is 49.4 Å². The topological polar surface area (TPSA) is 66.9 Å². The summed E-state index contributed by atoms with van der Waals surface area (Å²) in [6.07, 6.45) is 4.89. The van der Waals surface area contributed by atoms with Crippen LogP contribution in [0, 0.1) is 0 Å². The van der Waals surface area contributed by atoms with Gasteiger partial charge in [-0.05, 0) is 57.2 Å². The summed E-state index contributed by atoms with van der Waals surface area (Å²) in [5, 5.41) is 0. The number of carbonyl (C=O) groups excluding carboxylic acids is 1. The second-order valence-electron chi connectivity index (χ2n) is 6.56. The standard InChI is InChI=1S/C18H26N2O4S/c1-2-24-16-9-8-15(18(21)19-10-4-3-5-11-19)14-17(16)25(22,23)20-12-6-7-13-20/h8-9,14H,2-7,10-13H2,1H3. The predicted octanol–water partition coefficient (Wildman–Crippen LogP) is 2.50. The first-order valence-electron chi connectivity index (χ1n) is 9.10. The highest BCUT2D eigenvalue weighted by atomic mass is 32.2. The zero-order chi connectivity index (χ0) is 17.9. The van der Waals surface area contributed by atoms with Crippen molar-refractivity contribution in [1.82, 2.24) is 9.21 Å². The zero-order valence-corrected chi connectivity index (χ0v) is 15.6. The summed E-state index contributed by atoms with van der Waals surface area (Å²) in [5.41, 5.74) is 0.420. The molecule has 1 aromatic carbocycles. The number of amides is 1. The van der Waals surface area contributed by atoms with Crippen LogP contribution in [-0.2, 0) is 10.0 Å². The molecular formula is C18H26N2O4S. The average Bonchev–Trinajstić information content (AvgIpc) is 3.18. The van der Waals surface area contributed by atoms with Crippen LogP contribution in [-0.4, -0.2) is 56.3 Å². The highest BCUT2D eigenvalue weighted by Crippen LogP contribution is 2.30. The average molecular weight is 366 g/mol. The minimum absolute atomic E-state index is 0.0966. The van der Waals surface area contributed by atoms with E-state index >= 15 is 0 Å². The maximum atomic E-state index is 13.0. The Balaban J connectivity index is 1.95. The number of sulfonamides is 1. The summed E-state index contributed by atoms with van der Waals surface area (Å²) in [4.78, 5) is 14.7. The molecule has 25 heavy (non-hydrogen) atoms. The summed E-state index contributed by atoms with van der Waals surface area (Å²) in [5.74, 6) is 0.227. The van der Waals surface area contributed by atoms with E-state index in [0.29, 0.717) is 31.0 Å². The van der Waals surface area contributed by atoms with Gasteiger partial charge in [-0.15, -0.1) is 0 Å². The Bertz CT molecular complexity index is 721. The molecule has 2 aliphatic rings. The van der Waals surface area contributed by atoms with Crippen molar-refractivity contribution in [2.75, 3.05) is 32.8 Å². The molecule has 2 heterocycles. The Hall–Kier alpha value is -1.60. The third-order valence-corrected chi connectivity index (χ3v) is 6.74. The van der Waals surface area contributed by atoms with E-state index in [1.807, 2.05) is 11.8 Å². The number of hydrogen-bond donors (Lipinski definition) is 0. The molecule has 3 rings (SSSR count). The fourth-order valence-electron chi connectivity index (χ4n) is 3.46. The van der Waals surface area contributed by atoms with E-state index in [4.69, 9.17) is 4.74 Å². The Labute approximate surface area is 149 Å². The van der Waals surface area contributed by atoms with Crippen LogP contribution >= 0.6 is 0 Å². The van der Waals surface area contributed by atoms with Gasteiger partial charge in [-0.25, -0.2) is 8.42 Å². The lowest BCUT2D eigenvalue weighted by atomic mass is 10.1. The molecule has 7 heteroatoms.